The molecule has 0 bridgehead atoms. The Hall–Kier alpha value is -3.10. The zero-order valence-corrected chi connectivity index (χ0v) is 17.0. The Morgan fingerprint density at radius 2 is 2.13 bits per heavy atom. The Morgan fingerprint density at radius 3 is 2.90 bits per heavy atom. The molecule has 1 aliphatic rings. The van der Waals surface area contributed by atoms with Gasteiger partial charge < -0.3 is 20.1 Å². The van der Waals surface area contributed by atoms with Crippen molar-refractivity contribution in [3.8, 4) is 5.75 Å². The molecule has 4 rings (SSSR count). The summed E-state index contributed by atoms with van der Waals surface area (Å²) in [5, 5.41) is 8.06. The molecule has 1 fully saturated rings. The largest absolute Gasteiger partial charge is 0.493 e. The van der Waals surface area contributed by atoms with Crippen LogP contribution in [0.3, 0.4) is 0 Å². The number of aromatic nitrogens is 3. The predicted molar refractivity (Wildman–Crippen MR) is 112 cm³/mol. The predicted octanol–water partition coefficient (Wildman–Crippen LogP) is 2.88. The van der Waals surface area contributed by atoms with Crippen LogP contribution < -0.4 is 10.5 Å². The number of aromatic amines is 1. The zero-order chi connectivity index (χ0) is 20.9. The Balaban J connectivity index is 1.32. The molecular weight excluding hydrogens is 406 g/mol. The fourth-order valence-electron chi connectivity index (χ4n) is 3.21. The summed E-state index contributed by atoms with van der Waals surface area (Å²) in [6, 6.07) is 12.5. The standard InChI is InChI=1S/C21H22ClN5O3/c22-15-2-4-17(5-3-15)29-9-7-16-11-18(26-25-16)19-13-27(8-10-30-19)21(28)14-1-6-20(23)24-12-14/h1-6,11-12,19H,7-10,13H2,(H2,23,24)(H,25,26)/t19-/m1/s1. The van der Waals surface area contributed by atoms with Gasteiger partial charge >= 0.3 is 0 Å². The zero-order valence-electron chi connectivity index (χ0n) is 16.3. The van der Waals surface area contributed by atoms with Gasteiger partial charge in [-0.1, -0.05) is 11.6 Å². The number of pyridine rings is 1. The van der Waals surface area contributed by atoms with Crippen molar-refractivity contribution < 1.29 is 14.3 Å². The van der Waals surface area contributed by atoms with Gasteiger partial charge in [0.25, 0.3) is 5.91 Å². The van der Waals surface area contributed by atoms with Crippen LogP contribution in [0.4, 0.5) is 5.82 Å². The highest BCUT2D eigenvalue weighted by Crippen LogP contribution is 2.23. The van der Waals surface area contributed by atoms with Crippen LogP contribution in [0, 0.1) is 0 Å². The van der Waals surface area contributed by atoms with Crippen LogP contribution in [0.25, 0.3) is 0 Å². The van der Waals surface area contributed by atoms with E-state index in [4.69, 9.17) is 26.8 Å². The fraction of sp³-hybridized carbons (Fsp3) is 0.286. The van der Waals surface area contributed by atoms with Crippen LogP contribution in [-0.4, -0.2) is 52.3 Å². The van der Waals surface area contributed by atoms with E-state index < -0.39 is 0 Å². The minimum Gasteiger partial charge on any atom is -0.493 e. The van der Waals surface area contributed by atoms with Crippen LogP contribution in [0.5, 0.6) is 5.75 Å². The lowest BCUT2D eigenvalue weighted by Gasteiger charge is -2.32. The minimum absolute atomic E-state index is 0.0945. The van der Waals surface area contributed by atoms with Crippen molar-refractivity contribution in [1.82, 2.24) is 20.1 Å². The number of nitrogens with one attached hydrogen (secondary N) is 1. The van der Waals surface area contributed by atoms with E-state index in [1.807, 2.05) is 18.2 Å². The second-order valence-electron chi connectivity index (χ2n) is 6.95. The molecule has 30 heavy (non-hydrogen) atoms. The first kappa shape index (κ1) is 20.2. The second-order valence-corrected chi connectivity index (χ2v) is 7.39. The smallest absolute Gasteiger partial charge is 0.255 e. The Labute approximate surface area is 179 Å². The minimum atomic E-state index is -0.286. The number of carbonyl (C=O) groups excluding carboxylic acids is 1. The van der Waals surface area contributed by atoms with Gasteiger partial charge in [0, 0.05) is 29.9 Å². The monoisotopic (exact) mass is 427 g/mol. The molecule has 3 N–H and O–H groups in total. The van der Waals surface area contributed by atoms with Crippen LogP contribution >= 0.6 is 11.6 Å². The summed E-state index contributed by atoms with van der Waals surface area (Å²) in [5.74, 6) is 1.06. The number of benzene rings is 1. The number of morpholine rings is 1. The van der Waals surface area contributed by atoms with Gasteiger partial charge in [0.05, 0.1) is 31.0 Å². The number of hydrogen-bond acceptors (Lipinski definition) is 6. The van der Waals surface area contributed by atoms with Crippen molar-refractivity contribution in [3.05, 3.63) is 70.6 Å². The summed E-state index contributed by atoms with van der Waals surface area (Å²) in [4.78, 5) is 18.5. The van der Waals surface area contributed by atoms with E-state index in [9.17, 15) is 4.79 Å². The van der Waals surface area contributed by atoms with Crippen LogP contribution in [-0.2, 0) is 11.2 Å². The molecule has 8 nitrogen and oxygen atoms in total. The lowest BCUT2D eigenvalue weighted by atomic mass is 10.1. The SMILES string of the molecule is Nc1ccc(C(=O)N2CCO[C@@H](c3cc(CCOc4ccc(Cl)cc4)[nH]n3)C2)cn1. The molecule has 9 heteroatoms. The molecule has 1 aliphatic heterocycles. The molecule has 1 atom stereocenters. The molecular formula is C21H22ClN5O3. The molecule has 3 aromatic rings. The maximum absolute atomic E-state index is 12.7. The summed E-state index contributed by atoms with van der Waals surface area (Å²) >= 11 is 5.88. The summed E-state index contributed by atoms with van der Waals surface area (Å²) in [7, 11) is 0. The van der Waals surface area contributed by atoms with Crippen molar-refractivity contribution in [2.75, 3.05) is 32.0 Å². The molecule has 1 amide bonds. The number of ether oxygens (including phenoxy) is 2. The lowest BCUT2D eigenvalue weighted by Crippen LogP contribution is -2.42. The Kier molecular flexibility index (Phi) is 6.15. The third kappa shape index (κ3) is 4.90. The first-order chi connectivity index (χ1) is 14.6. The molecule has 0 saturated carbocycles. The summed E-state index contributed by atoms with van der Waals surface area (Å²) in [5.41, 5.74) is 7.81. The molecule has 1 aromatic carbocycles. The number of nitrogen functional groups attached to an aromatic ring is 1. The third-order valence-corrected chi connectivity index (χ3v) is 5.07. The maximum Gasteiger partial charge on any atom is 0.255 e. The van der Waals surface area contributed by atoms with Crippen LogP contribution in [0.1, 0.15) is 27.8 Å². The quantitative estimate of drug-likeness (QED) is 0.626. The fourth-order valence-corrected chi connectivity index (χ4v) is 3.34. The highest BCUT2D eigenvalue weighted by atomic mass is 35.5. The molecule has 1 saturated heterocycles. The number of halogens is 1. The lowest BCUT2D eigenvalue weighted by molar-refractivity contribution is -0.0247. The molecule has 0 unspecified atom stereocenters. The molecule has 0 aliphatic carbocycles. The van der Waals surface area contributed by atoms with Crippen LogP contribution in [0.15, 0.2) is 48.7 Å². The van der Waals surface area contributed by atoms with Crippen molar-refractivity contribution in [2.45, 2.75) is 12.5 Å². The number of hydrogen-bond donors (Lipinski definition) is 2. The number of carbonyl (C=O) groups is 1. The first-order valence-corrected chi connectivity index (χ1v) is 10.0. The number of nitrogens with two attached hydrogens (primary N) is 1. The number of rotatable bonds is 6. The van der Waals surface area contributed by atoms with Crippen molar-refractivity contribution in [3.63, 3.8) is 0 Å². The third-order valence-electron chi connectivity index (χ3n) is 4.82. The van der Waals surface area contributed by atoms with Crippen molar-refractivity contribution in [1.29, 1.82) is 0 Å². The van der Waals surface area contributed by atoms with E-state index >= 15 is 0 Å². The average Bonchev–Trinajstić information content (AvgIpc) is 3.24. The first-order valence-electron chi connectivity index (χ1n) is 9.63. The second kappa shape index (κ2) is 9.15. The van der Waals surface area contributed by atoms with E-state index in [1.54, 1.807) is 29.2 Å². The number of amides is 1. The summed E-state index contributed by atoms with van der Waals surface area (Å²) < 4.78 is 11.6. The Morgan fingerprint density at radius 1 is 1.30 bits per heavy atom. The van der Waals surface area contributed by atoms with Crippen molar-refractivity contribution in [2.24, 2.45) is 0 Å². The molecule has 3 heterocycles. The van der Waals surface area contributed by atoms with Gasteiger partial charge in [0.15, 0.2) is 0 Å². The highest BCUT2D eigenvalue weighted by molar-refractivity contribution is 6.30. The molecule has 2 aromatic heterocycles. The average molecular weight is 428 g/mol. The van der Waals surface area contributed by atoms with E-state index in [0.29, 0.717) is 49.1 Å². The number of anilines is 1. The molecule has 156 valence electrons. The summed E-state index contributed by atoms with van der Waals surface area (Å²) in [6.45, 7) is 1.89. The molecule has 0 spiro atoms. The topological polar surface area (TPSA) is 106 Å². The van der Waals surface area contributed by atoms with Gasteiger partial charge in [-0.25, -0.2) is 4.98 Å². The van der Waals surface area contributed by atoms with E-state index in [1.165, 1.54) is 6.20 Å². The van der Waals surface area contributed by atoms with Crippen LogP contribution in [0.2, 0.25) is 5.02 Å². The Bertz CT molecular complexity index is 991. The van der Waals surface area contributed by atoms with E-state index in [-0.39, 0.29) is 12.0 Å². The van der Waals surface area contributed by atoms with Gasteiger partial charge in [-0.15, -0.1) is 0 Å². The van der Waals surface area contributed by atoms with Gasteiger partial charge in [-0.2, -0.15) is 5.10 Å². The van der Waals surface area contributed by atoms with Gasteiger partial charge in [-0.05, 0) is 42.5 Å². The van der Waals surface area contributed by atoms with E-state index in [0.717, 1.165) is 17.1 Å². The van der Waals surface area contributed by atoms with E-state index in [2.05, 4.69) is 15.2 Å². The van der Waals surface area contributed by atoms with Crippen molar-refractivity contribution >= 4 is 23.3 Å². The number of H-pyrrole nitrogens is 1. The van der Waals surface area contributed by atoms with Gasteiger partial charge in [-0.3, -0.25) is 9.89 Å². The number of nitrogens with zero attached hydrogens (tertiary/aromatic N) is 3. The van der Waals surface area contributed by atoms with Gasteiger partial charge in [0.2, 0.25) is 0 Å². The van der Waals surface area contributed by atoms with Gasteiger partial charge in [0.1, 0.15) is 17.7 Å². The summed E-state index contributed by atoms with van der Waals surface area (Å²) in [6.07, 6.45) is 1.88. The maximum atomic E-state index is 12.7. The molecule has 0 radical (unpaired) electrons. The normalized spacial score (nSPS) is 16.4. The highest BCUT2D eigenvalue weighted by Gasteiger charge is 2.27.